The monoisotopic (exact) mass is 282 g/mol. The van der Waals surface area contributed by atoms with Gasteiger partial charge in [-0.3, -0.25) is 4.79 Å². The minimum absolute atomic E-state index is 0.0722. The van der Waals surface area contributed by atoms with Gasteiger partial charge in [-0.2, -0.15) is 0 Å². The summed E-state index contributed by atoms with van der Waals surface area (Å²) < 4.78 is 0. The molecule has 4 rings (SSSR count). The maximum atomic E-state index is 11.7. The van der Waals surface area contributed by atoms with E-state index in [1.54, 1.807) is 6.08 Å². The molecule has 0 aromatic rings. The smallest absolute Gasteiger partial charge is 0.178 e. The third-order valence-electron chi connectivity index (χ3n) is 6.12. The molecule has 3 atom stereocenters. The first-order valence-electron chi connectivity index (χ1n) is 8.00. The third kappa shape index (κ3) is 1.72. The molecule has 0 spiro atoms. The Morgan fingerprint density at radius 3 is 2.86 bits per heavy atom. The SMILES string of the molecule is C[C@@]12CCC3=C(CCC4=CC(=O)C=C[C@]43C)C1=C[C@H](O)C2. The number of hydrogen-bond donors (Lipinski definition) is 1. The van der Waals surface area contributed by atoms with E-state index in [4.69, 9.17) is 0 Å². The summed E-state index contributed by atoms with van der Waals surface area (Å²) in [7, 11) is 0. The molecule has 4 aliphatic rings. The first-order valence-corrected chi connectivity index (χ1v) is 8.00. The fourth-order valence-corrected chi connectivity index (χ4v) is 4.91. The molecule has 0 bridgehead atoms. The van der Waals surface area contributed by atoms with Gasteiger partial charge < -0.3 is 5.11 Å². The van der Waals surface area contributed by atoms with Crippen molar-refractivity contribution in [3.63, 3.8) is 0 Å². The maximum absolute atomic E-state index is 11.7. The third-order valence-corrected chi connectivity index (χ3v) is 6.12. The summed E-state index contributed by atoms with van der Waals surface area (Å²) in [6.07, 6.45) is 12.5. The number of hydrogen-bond acceptors (Lipinski definition) is 2. The largest absolute Gasteiger partial charge is 0.389 e. The van der Waals surface area contributed by atoms with Crippen molar-refractivity contribution < 1.29 is 9.90 Å². The van der Waals surface area contributed by atoms with Gasteiger partial charge in [0.05, 0.1) is 6.10 Å². The van der Waals surface area contributed by atoms with Crippen molar-refractivity contribution in [1.82, 2.24) is 0 Å². The second-order valence-electron chi connectivity index (χ2n) is 7.48. The van der Waals surface area contributed by atoms with Crippen LogP contribution in [0, 0.1) is 10.8 Å². The van der Waals surface area contributed by atoms with Crippen LogP contribution in [0.3, 0.4) is 0 Å². The number of carbonyl (C=O) groups excluding carboxylic acids is 1. The summed E-state index contributed by atoms with van der Waals surface area (Å²) in [4.78, 5) is 11.7. The molecule has 0 radical (unpaired) electrons. The summed E-state index contributed by atoms with van der Waals surface area (Å²) in [6, 6.07) is 0. The van der Waals surface area contributed by atoms with Gasteiger partial charge in [0.25, 0.3) is 0 Å². The van der Waals surface area contributed by atoms with Crippen LogP contribution in [0.4, 0.5) is 0 Å². The summed E-state index contributed by atoms with van der Waals surface area (Å²) in [5.74, 6) is 0.127. The highest BCUT2D eigenvalue weighted by Gasteiger charge is 2.47. The average Bonchev–Trinajstić information content (AvgIpc) is 2.74. The number of aliphatic hydroxyl groups excluding tert-OH is 1. The zero-order valence-electron chi connectivity index (χ0n) is 12.8. The van der Waals surface area contributed by atoms with Crippen molar-refractivity contribution in [3.8, 4) is 0 Å². The second kappa shape index (κ2) is 4.07. The van der Waals surface area contributed by atoms with Gasteiger partial charge in [0, 0.05) is 5.41 Å². The van der Waals surface area contributed by atoms with E-state index in [0.29, 0.717) is 0 Å². The highest BCUT2D eigenvalue weighted by atomic mass is 16.3. The number of allylic oxidation sites excluding steroid dienone is 7. The molecule has 2 heteroatoms. The van der Waals surface area contributed by atoms with Gasteiger partial charge in [-0.15, -0.1) is 0 Å². The van der Waals surface area contributed by atoms with Crippen LogP contribution in [0.25, 0.3) is 0 Å². The van der Waals surface area contributed by atoms with Gasteiger partial charge >= 0.3 is 0 Å². The number of carbonyl (C=O) groups is 1. The first kappa shape index (κ1) is 13.3. The summed E-state index contributed by atoms with van der Waals surface area (Å²) in [6.45, 7) is 4.55. The van der Waals surface area contributed by atoms with Crippen molar-refractivity contribution in [2.45, 2.75) is 52.1 Å². The van der Waals surface area contributed by atoms with Gasteiger partial charge in [0.2, 0.25) is 0 Å². The van der Waals surface area contributed by atoms with Crippen LogP contribution in [-0.2, 0) is 4.79 Å². The molecule has 0 amide bonds. The van der Waals surface area contributed by atoms with Gasteiger partial charge in [0.1, 0.15) is 0 Å². The Morgan fingerprint density at radius 1 is 1.24 bits per heavy atom. The van der Waals surface area contributed by atoms with E-state index in [-0.39, 0.29) is 22.7 Å². The van der Waals surface area contributed by atoms with E-state index in [9.17, 15) is 9.90 Å². The van der Waals surface area contributed by atoms with Crippen molar-refractivity contribution in [2.75, 3.05) is 0 Å². The Hall–Kier alpha value is -1.41. The van der Waals surface area contributed by atoms with Crippen LogP contribution >= 0.6 is 0 Å². The molecular weight excluding hydrogens is 260 g/mol. The van der Waals surface area contributed by atoms with Crippen molar-refractivity contribution >= 4 is 5.78 Å². The van der Waals surface area contributed by atoms with Gasteiger partial charge in [-0.05, 0) is 67.7 Å². The van der Waals surface area contributed by atoms with Crippen LogP contribution in [0.2, 0.25) is 0 Å². The molecule has 0 aromatic heterocycles. The Balaban J connectivity index is 1.87. The zero-order chi connectivity index (χ0) is 14.8. The fraction of sp³-hybridized carbons (Fsp3) is 0.526. The summed E-state index contributed by atoms with van der Waals surface area (Å²) in [5, 5.41) is 10.1. The van der Waals surface area contributed by atoms with E-state index >= 15 is 0 Å². The second-order valence-corrected chi connectivity index (χ2v) is 7.48. The Morgan fingerprint density at radius 2 is 2.05 bits per heavy atom. The van der Waals surface area contributed by atoms with E-state index in [2.05, 4.69) is 26.0 Å². The Kier molecular flexibility index (Phi) is 2.57. The molecule has 2 nitrogen and oxygen atoms in total. The molecule has 1 N–H and O–H groups in total. The molecule has 0 saturated carbocycles. The van der Waals surface area contributed by atoms with Crippen LogP contribution in [0.5, 0.6) is 0 Å². The van der Waals surface area contributed by atoms with Crippen LogP contribution < -0.4 is 0 Å². The standard InChI is InChI=1S/C19H22O2/c1-18-7-6-16-15(17(18)10-14(21)11-18)4-3-12-9-13(20)5-8-19(12,16)2/h5,8-10,14,21H,3-4,6-7,11H2,1-2H3/t14-,18-,19+/m0/s1. The lowest BCUT2D eigenvalue weighted by Crippen LogP contribution is -2.34. The van der Waals surface area contributed by atoms with Crippen molar-refractivity contribution in [1.29, 1.82) is 0 Å². The average molecular weight is 282 g/mol. The van der Waals surface area contributed by atoms with Crippen LogP contribution in [0.15, 0.2) is 46.6 Å². The number of ketones is 1. The molecule has 0 unspecified atom stereocenters. The van der Waals surface area contributed by atoms with Gasteiger partial charge in [0.15, 0.2) is 5.78 Å². The quantitative estimate of drug-likeness (QED) is 0.736. The van der Waals surface area contributed by atoms with Crippen molar-refractivity contribution in [2.24, 2.45) is 10.8 Å². The molecule has 110 valence electrons. The van der Waals surface area contributed by atoms with E-state index in [0.717, 1.165) is 32.1 Å². The predicted molar refractivity (Wildman–Crippen MR) is 82.6 cm³/mol. The summed E-state index contributed by atoms with van der Waals surface area (Å²) >= 11 is 0. The highest BCUT2D eigenvalue weighted by molar-refractivity contribution is 6.01. The normalized spacial score (nSPS) is 41.3. The van der Waals surface area contributed by atoms with E-state index in [1.165, 1.54) is 22.3 Å². The minimum Gasteiger partial charge on any atom is -0.389 e. The highest BCUT2D eigenvalue weighted by Crippen LogP contribution is 2.59. The number of rotatable bonds is 0. The Bertz CT molecular complexity index is 661. The maximum Gasteiger partial charge on any atom is 0.178 e. The molecule has 0 fully saturated rings. The van der Waals surface area contributed by atoms with Gasteiger partial charge in [-0.25, -0.2) is 0 Å². The lowest BCUT2D eigenvalue weighted by atomic mass is 9.57. The minimum atomic E-state index is -0.287. The molecule has 0 aromatic carbocycles. The fourth-order valence-electron chi connectivity index (χ4n) is 4.91. The first-order chi connectivity index (χ1) is 9.92. The molecular formula is C19H22O2. The van der Waals surface area contributed by atoms with Crippen molar-refractivity contribution in [3.05, 3.63) is 46.6 Å². The number of fused-ring (bicyclic) bond motifs is 4. The predicted octanol–water partition coefficient (Wildman–Crippen LogP) is 3.64. The Labute approximate surface area is 125 Å². The topological polar surface area (TPSA) is 37.3 Å². The molecule has 21 heavy (non-hydrogen) atoms. The number of aliphatic hydroxyl groups is 1. The summed E-state index contributed by atoms with van der Waals surface area (Å²) in [5.41, 5.74) is 5.71. The lowest BCUT2D eigenvalue weighted by molar-refractivity contribution is -0.110. The van der Waals surface area contributed by atoms with E-state index < -0.39 is 0 Å². The van der Waals surface area contributed by atoms with Crippen LogP contribution in [0.1, 0.15) is 46.0 Å². The van der Waals surface area contributed by atoms with Gasteiger partial charge in [-0.1, -0.05) is 30.2 Å². The molecule has 0 heterocycles. The van der Waals surface area contributed by atoms with E-state index in [1.807, 2.05) is 6.08 Å². The molecule has 0 saturated heterocycles. The van der Waals surface area contributed by atoms with Crippen LogP contribution in [-0.4, -0.2) is 17.0 Å². The molecule has 4 aliphatic carbocycles. The zero-order valence-corrected chi connectivity index (χ0v) is 12.8. The lowest BCUT2D eigenvalue weighted by Gasteiger charge is -2.46. The molecule has 0 aliphatic heterocycles.